The molecular formula is C30H43ClN2O. The molecule has 186 valence electrons. The zero-order valence-corrected chi connectivity index (χ0v) is 21.9. The molecule has 0 spiro atoms. The maximum absolute atomic E-state index is 6.26. The highest BCUT2D eigenvalue weighted by Gasteiger charge is 2.11. The van der Waals surface area contributed by atoms with E-state index in [0.29, 0.717) is 17.4 Å². The number of fused-ring (bicyclic) bond motifs is 1. The topological polar surface area (TPSA) is 27.1 Å². The number of aromatic nitrogens is 2. The molecule has 1 aromatic heterocycles. The summed E-state index contributed by atoms with van der Waals surface area (Å²) in [6.07, 6.45) is 19.3. The summed E-state index contributed by atoms with van der Waals surface area (Å²) in [6.45, 7) is 3.70. The maximum Gasteiger partial charge on any atom is 0.147 e. The minimum atomic E-state index is 0.428. The van der Waals surface area contributed by atoms with Gasteiger partial charge in [-0.25, -0.2) is 4.98 Å². The van der Waals surface area contributed by atoms with Gasteiger partial charge < -0.3 is 9.30 Å². The van der Waals surface area contributed by atoms with Gasteiger partial charge in [0.25, 0.3) is 0 Å². The molecule has 0 fully saturated rings. The standard InChI is InChI=1S/C30H43ClN2O/c1-2-3-4-5-6-7-8-9-10-11-12-13-14-19-24-33-28-22-17-16-21-27(28)32-30(33)25-34-29-23-18-15-20-26(29)31/h15-18,20-23H,2-14,19,24-25H2,1H3. The van der Waals surface area contributed by atoms with Gasteiger partial charge in [-0.2, -0.15) is 0 Å². The van der Waals surface area contributed by atoms with Crippen molar-refractivity contribution in [1.82, 2.24) is 9.55 Å². The molecule has 0 bridgehead atoms. The van der Waals surface area contributed by atoms with Crippen LogP contribution in [0.3, 0.4) is 0 Å². The van der Waals surface area contributed by atoms with Crippen molar-refractivity contribution in [2.24, 2.45) is 0 Å². The highest BCUT2D eigenvalue weighted by molar-refractivity contribution is 6.32. The molecule has 2 aromatic carbocycles. The van der Waals surface area contributed by atoms with E-state index in [1.165, 1.54) is 95.4 Å². The third kappa shape index (κ3) is 8.98. The first kappa shape index (κ1) is 26.6. The zero-order valence-electron chi connectivity index (χ0n) is 21.1. The fourth-order valence-corrected chi connectivity index (χ4v) is 4.84. The Bertz CT molecular complexity index is 952. The summed E-state index contributed by atoms with van der Waals surface area (Å²) < 4.78 is 8.33. The van der Waals surface area contributed by atoms with Crippen LogP contribution in [0.2, 0.25) is 5.02 Å². The first-order valence-electron chi connectivity index (χ1n) is 13.6. The van der Waals surface area contributed by atoms with Crippen LogP contribution in [0.15, 0.2) is 48.5 Å². The quantitative estimate of drug-likeness (QED) is 0.169. The van der Waals surface area contributed by atoms with Crippen LogP contribution in [0, 0.1) is 0 Å². The molecule has 0 atom stereocenters. The molecule has 0 saturated heterocycles. The summed E-state index contributed by atoms with van der Waals surface area (Å²) in [5, 5.41) is 0.636. The van der Waals surface area contributed by atoms with Gasteiger partial charge >= 0.3 is 0 Å². The van der Waals surface area contributed by atoms with Crippen LogP contribution in [-0.4, -0.2) is 9.55 Å². The molecule has 3 rings (SSSR count). The van der Waals surface area contributed by atoms with Gasteiger partial charge in [0.05, 0.1) is 16.1 Å². The molecule has 1 heterocycles. The van der Waals surface area contributed by atoms with Crippen LogP contribution in [0.1, 0.15) is 103 Å². The molecule has 34 heavy (non-hydrogen) atoms. The normalized spacial score (nSPS) is 11.4. The van der Waals surface area contributed by atoms with Crippen molar-refractivity contribution >= 4 is 22.6 Å². The Labute approximate surface area is 211 Å². The second-order valence-electron chi connectivity index (χ2n) is 9.48. The van der Waals surface area contributed by atoms with E-state index in [4.69, 9.17) is 21.3 Å². The van der Waals surface area contributed by atoms with E-state index in [-0.39, 0.29) is 0 Å². The summed E-state index contributed by atoms with van der Waals surface area (Å²) in [4.78, 5) is 4.84. The van der Waals surface area contributed by atoms with E-state index in [2.05, 4.69) is 29.7 Å². The molecule has 0 N–H and O–H groups in total. The number of halogens is 1. The Balaban J connectivity index is 1.34. The number of unbranched alkanes of at least 4 members (excludes halogenated alkanes) is 13. The predicted octanol–water partition coefficient (Wildman–Crippen LogP) is 9.75. The SMILES string of the molecule is CCCCCCCCCCCCCCCCn1c(COc2ccccc2Cl)nc2ccccc21. The average molecular weight is 483 g/mol. The van der Waals surface area contributed by atoms with Gasteiger partial charge in [-0.1, -0.05) is 126 Å². The van der Waals surface area contributed by atoms with E-state index in [1.807, 2.05) is 30.3 Å². The Kier molecular flexibility index (Phi) is 12.4. The van der Waals surface area contributed by atoms with E-state index < -0.39 is 0 Å². The molecule has 0 aliphatic heterocycles. The van der Waals surface area contributed by atoms with Gasteiger partial charge in [-0.15, -0.1) is 0 Å². The summed E-state index contributed by atoms with van der Waals surface area (Å²) >= 11 is 6.26. The van der Waals surface area contributed by atoms with Gasteiger partial charge in [0.2, 0.25) is 0 Å². The van der Waals surface area contributed by atoms with Gasteiger partial charge in [-0.3, -0.25) is 0 Å². The Morgan fingerprint density at radius 1 is 0.706 bits per heavy atom. The van der Waals surface area contributed by atoms with E-state index >= 15 is 0 Å². The van der Waals surface area contributed by atoms with Crippen LogP contribution in [0.4, 0.5) is 0 Å². The van der Waals surface area contributed by atoms with Crippen LogP contribution in [0.25, 0.3) is 11.0 Å². The van der Waals surface area contributed by atoms with E-state index in [0.717, 1.165) is 17.9 Å². The smallest absolute Gasteiger partial charge is 0.147 e. The highest BCUT2D eigenvalue weighted by Crippen LogP contribution is 2.25. The molecule has 0 unspecified atom stereocenters. The fraction of sp³-hybridized carbons (Fsp3) is 0.567. The maximum atomic E-state index is 6.26. The summed E-state index contributed by atoms with van der Waals surface area (Å²) in [5.41, 5.74) is 2.22. The molecule has 0 radical (unpaired) electrons. The monoisotopic (exact) mass is 482 g/mol. The van der Waals surface area contributed by atoms with E-state index in [1.54, 1.807) is 0 Å². The third-order valence-electron chi connectivity index (χ3n) is 6.66. The van der Waals surface area contributed by atoms with Crippen LogP contribution in [-0.2, 0) is 13.2 Å². The number of aryl methyl sites for hydroxylation is 1. The summed E-state index contributed by atoms with van der Waals surface area (Å²) in [6, 6.07) is 16.0. The predicted molar refractivity (Wildman–Crippen MR) is 146 cm³/mol. The Morgan fingerprint density at radius 3 is 1.91 bits per heavy atom. The largest absolute Gasteiger partial charge is 0.484 e. The molecule has 0 amide bonds. The summed E-state index contributed by atoms with van der Waals surface area (Å²) in [5.74, 6) is 1.68. The second kappa shape index (κ2) is 15.8. The van der Waals surface area contributed by atoms with Crippen molar-refractivity contribution in [2.75, 3.05) is 0 Å². The van der Waals surface area contributed by atoms with Crippen molar-refractivity contribution in [1.29, 1.82) is 0 Å². The van der Waals surface area contributed by atoms with Crippen molar-refractivity contribution < 1.29 is 4.74 Å². The molecule has 0 aliphatic carbocycles. The number of benzene rings is 2. The minimum absolute atomic E-state index is 0.428. The number of nitrogens with zero attached hydrogens (tertiary/aromatic N) is 2. The van der Waals surface area contributed by atoms with Gasteiger partial charge in [-0.05, 0) is 30.7 Å². The second-order valence-corrected chi connectivity index (χ2v) is 9.89. The number of ether oxygens (including phenoxy) is 1. The molecule has 3 aromatic rings. The van der Waals surface area contributed by atoms with Crippen molar-refractivity contribution in [2.45, 2.75) is 110 Å². The Hall–Kier alpha value is -2.00. The first-order valence-corrected chi connectivity index (χ1v) is 14.0. The highest BCUT2D eigenvalue weighted by atomic mass is 35.5. The lowest BCUT2D eigenvalue weighted by molar-refractivity contribution is 0.289. The zero-order chi connectivity index (χ0) is 23.8. The average Bonchev–Trinajstić information content (AvgIpc) is 3.21. The molecule has 3 nitrogen and oxygen atoms in total. The molecule has 4 heteroatoms. The third-order valence-corrected chi connectivity index (χ3v) is 6.97. The van der Waals surface area contributed by atoms with Gasteiger partial charge in [0, 0.05) is 6.54 Å². The van der Waals surface area contributed by atoms with Crippen LogP contribution < -0.4 is 4.74 Å². The lowest BCUT2D eigenvalue weighted by Gasteiger charge is -2.11. The van der Waals surface area contributed by atoms with Crippen LogP contribution in [0.5, 0.6) is 5.75 Å². The number of para-hydroxylation sites is 3. The first-order chi connectivity index (χ1) is 16.8. The number of hydrogen-bond acceptors (Lipinski definition) is 2. The molecule has 0 aliphatic rings. The number of rotatable bonds is 18. The lowest BCUT2D eigenvalue weighted by Crippen LogP contribution is -2.08. The molecule has 0 saturated carbocycles. The lowest BCUT2D eigenvalue weighted by atomic mass is 10.0. The van der Waals surface area contributed by atoms with E-state index in [9.17, 15) is 0 Å². The fourth-order valence-electron chi connectivity index (χ4n) is 4.65. The van der Waals surface area contributed by atoms with Crippen LogP contribution >= 0.6 is 11.6 Å². The van der Waals surface area contributed by atoms with Crippen molar-refractivity contribution in [3.05, 3.63) is 59.4 Å². The molecular weight excluding hydrogens is 440 g/mol. The van der Waals surface area contributed by atoms with Crippen molar-refractivity contribution in [3.8, 4) is 5.75 Å². The van der Waals surface area contributed by atoms with Gasteiger partial charge in [0.1, 0.15) is 18.2 Å². The van der Waals surface area contributed by atoms with Gasteiger partial charge in [0.15, 0.2) is 0 Å². The van der Waals surface area contributed by atoms with Crippen molar-refractivity contribution in [3.63, 3.8) is 0 Å². The summed E-state index contributed by atoms with van der Waals surface area (Å²) in [7, 11) is 0. The number of hydrogen-bond donors (Lipinski definition) is 0. The Morgan fingerprint density at radius 2 is 1.26 bits per heavy atom. The number of imidazole rings is 1. The minimum Gasteiger partial charge on any atom is -0.484 e.